The van der Waals surface area contributed by atoms with Gasteiger partial charge in [0.1, 0.15) is 0 Å². The van der Waals surface area contributed by atoms with Crippen LogP contribution in [0.5, 0.6) is 11.5 Å². The molecule has 4 rings (SSSR count). The number of hydrogen-bond acceptors (Lipinski definition) is 3. The van der Waals surface area contributed by atoms with E-state index >= 15 is 0 Å². The van der Waals surface area contributed by atoms with E-state index in [4.69, 9.17) is 9.47 Å². The Morgan fingerprint density at radius 2 is 2.04 bits per heavy atom. The lowest BCUT2D eigenvalue weighted by atomic mass is 9.70. The average Bonchev–Trinajstić information content (AvgIpc) is 3.38. The highest BCUT2D eigenvalue weighted by Crippen LogP contribution is 2.47. The highest BCUT2D eigenvalue weighted by Gasteiger charge is 2.46. The molecular weight excluding hydrogens is 298 g/mol. The number of benzene rings is 1. The van der Waals surface area contributed by atoms with Crippen molar-refractivity contribution in [2.75, 3.05) is 26.8 Å². The second-order valence-corrected chi connectivity index (χ2v) is 7.62. The third-order valence-corrected chi connectivity index (χ3v) is 5.98. The van der Waals surface area contributed by atoms with Crippen LogP contribution in [0, 0.1) is 5.92 Å². The summed E-state index contributed by atoms with van der Waals surface area (Å²) >= 11 is 0. The van der Waals surface area contributed by atoms with Gasteiger partial charge in [0.15, 0.2) is 11.5 Å². The Morgan fingerprint density at radius 3 is 2.83 bits per heavy atom. The zero-order valence-electron chi connectivity index (χ0n) is 15.0. The number of rotatable bonds is 6. The predicted molar refractivity (Wildman–Crippen MR) is 96.9 cm³/mol. The normalized spacial score (nSPS) is 29.5. The fourth-order valence-electron chi connectivity index (χ4n) is 4.41. The van der Waals surface area contributed by atoms with E-state index in [1.165, 1.54) is 44.2 Å². The lowest BCUT2D eigenvalue weighted by Crippen LogP contribution is -2.41. The maximum atomic E-state index is 6.15. The van der Waals surface area contributed by atoms with Crippen molar-refractivity contribution in [1.29, 1.82) is 0 Å². The number of ether oxygens (including phenoxy) is 2. The molecule has 2 fully saturated rings. The van der Waals surface area contributed by atoms with E-state index in [9.17, 15) is 0 Å². The van der Waals surface area contributed by atoms with Crippen molar-refractivity contribution in [3.05, 3.63) is 35.9 Å². The third-order valence-electron chi connectivity index (χ3n) is 5.98. The van der Waals surface area contributed by atoms with Gasteiger partial charge in [-0.25, -0.2) is 0 Å². The summed E-state index contributed by atoms with van der Waals surface area (Å²) < 4.78 is 12.0. The molecule has 1 aromatic carbocycles. The van der Waals surface area contributed by atoms with Gasteiger partial charge in [-0.3, -0.25) is 0 Å². The SMILES string of the molecule is CCOc1ccc([C@@]23C=CCCC2N(C)CC3)cc1OCC1CC1. The van der Waals surface area contributed by atoms with Crippen LogP contribution < -0.4 is 9.47 Å². The molecule has 3 heteroatoms. The molecule has 0 radical (unpaired) electrons. The maximum Gasteiger partial charge on any atom is 0.161 e. The first-order valence-electron chi connectivity index (χ1n) is 9.51. The fourth-order valence-corrected chi connectivity index (χ4v) is 4.41. The first-order chi connectivity index (χ1) is 11.7. The molecule has 0 spiro atoms. The lowest BCUT2D eigenvalue weighted by molar-refractivity contribution is 0.246. The molecule has 2 atom stereocenters. The largest absolute Gasteiger partial charge is 0.490 e. The van der Waals surface area contributed by atoms with Crippen molar-refractivity contribution >= 4 is 0 Å². The van der Waals surface area contributed by atoms with E-state index in [1.54, 1.807) is 0 Å². The van der Waals surface area contributed by atoms with Crippen LogP contribution in [-0.4, -0.2) is 37.7 Å². The van der Waals surface area contributed by atoms with E-state index < -0.39 is 0 Å². The van der Waals surface area contributed by atoms with Crippen molar-refractivity contribution in [2.45, 2.75) is 50.5 Å². The number of likely N-dealkylation sites (N-methyl/N-ethyl adjacent to an activating group) is 1. The molecule has 1 aromatic rings. The van der Waals surface area contributed by atoms with Gasteiger partial charge in [0.25, 0.3) is 0 Å². The van der Waals surface area contributed by atoms with Crippen molar-refractivity contribution < 1.29 is 9.47 Å². The molecule has 3 nitrogen and oxygen atoms in total. The molecule has 24 heavy (non-hydrogen) atoms. The molecular formula is C21H29NO2. The summed E-state index contributed by atoms with van der Waals surface area (Å²) in [4.78, 5) is 2.53. The van der Waals surface area contributed by atoms with Crippen LogP contribution in [0.15, 0.2) is 30.4 Å². The zero-order chi connectivity index (χ0) is 16.6. The molecule has 0 amide bonds. The highest BCUT2D eigenvalue weighted by molar-refractivity contribution is 5.48. The maximum absolute atomic E-state index is 6.15. The van der Waals surface area contributed by atoms with Gasteiger partial charge >= 0.3 is 0 Å². The van der Waals surface area contributed by atoms with Crippen molar-refractivity contribution in [2.24, 2.45) is 5.92 Å². The van der Waals surface area contributed by atoms with E-state index in [0.29, 0.717) is 12.6 Å². The molecule has 2 aliphatic carbocycles. The average molecular weight is 327 g/mol. The number of fused-ring (bicyclic) bond motifs is 1. The van der Waals surface area contributed by atoms with Crippen LogP contribution in [0.1, 0.15) is 44.6 Å². The van der Waals surface area contributed by atoms with Gasteiger partial charge in [0.2, 0.25) is 0 Å². The van der Waals surface area contributed by atoms with E-state index in [2.05, 4.69) is 42.3 Å². The summed E-state index contributed by atoms with van der Waals surface area (Å²) in [5, 5.41) is 0. The number of hydrogen-bond donors (Lipinski definition) is 0. The summed E-state index contributed by atoms with van der Waals surface area (Å²) in [7, 11) is 2.27. The van der Waals surface area contributed by atoms with Crippen LogP contribution in [0.2, 0.25) is 0 Å². The minimum Gasteiger partial charge on any atom is -0.490 e. The van der Waals surface area contributed by atoms with Crippen molar-refractivity contribution in [3.8, 4) is 11.5 Å². The number of allylic oxidation sites excluding steroid dienone is 1. The highest BCUT2D eigenvalue weighted by atomic mass is 16.5. The van der Waals surface area contributed by atoms with Gasteiger partial charge in [-0.15, -0.1) is 0 Å². The minimum atomic E-state index is 0.148. The molecule has 0 N–H and O–H groups in total. The number of nitrogens with zero attached hydrogens (tertiary/aromatic N) is 1. The Bertz CT molecular complexity index is 622. The smallest absolute Gasteiger partial charge is 0.161 e. The quantitative estimate of drug-likeness (QED) is 0.732. The van der Waals surface area contributed by atoms with Crippen molar-refractivity contribution in [3.63, 3.8) is 0 Å². The first kappa shape index (κ1) is 16.0. The Morgan fingerprint density at radius 1 is 1.17 bits per heavy atom. The molecule has 1 aliphatic heterocycles. The van der Waals surface area contributed by atoms with E-state index in [-0.39, 0.29) is 5.41 Å². The topological polar surface area (TPSA) is 21.7 Å². The van der Waals surface area contributed by atoms with Gasteiger partial charge in [-0.1, -0.05) is 18.2 Å². The molecule has 1 saturated carbocycles. The Balaban J connectivity index is 1.67. The fraction of sp³-hybridized carbons (Fsp3) is 0.619. The van der Waals surface area contributed by atoms with E-state index in [1.807, 2.05) is 6.92 Å². The van der Waals surface area contributed by atoms with Crippen LogP contribution in [0.3, 0.4) is 0 Å². The van der Waals surface area contributed by atoms with Crippen LogP contribution in [0.25, 0.3) is 0 Å². The molecule has 1 saturated heterocycles. The summed E-state index contributed by atoms with van der Waals surface area (Å²) in [5.74, 6) is 2.57. The summed E-state index contributed by atoms with van der Waals surface area (Å²) in [6, 6.07) is 7.25. The van der Waals surface area contributed by atoms with Crippen molar-refractivity contribution in [1.82, 2.24) is 4.90 Å². The zero-order valence-corrected chi connectivity index (χ0v) is 15.0. The van der Waals surface area contributed by atoms with Gasteiger partial charge < -0.3 is 14.4 Å². The monoisotopic (exact) mass is 327 g/mol. The first-order valence-corrected chi connectivity index (χ1v) is 9.51. The standard InChI is InChI=1S/C21H29NO2/c1-3-23-18-10-9-17(14-19(18)24-15-16-7-8-16)21-11-5-4-6-20(21)22(2)13-12-21/h5,9-11,14,16,20H,3-4,6-8,12-13,15H2,1-2H3/t20?,21-/m0/s1. The van der Waals surface area contributed by atoms with Gasteiger partial charge in [-0.05, 0) is 76.2 Å². The molecule has 130 valence electrons. The summed E-state index contributed by atoms with van der Waals surface area (Å²) in [6.07, 6.45) is 11.1. The number of likely N-dealkylation sites (tertiary alicyclic amines) is 1. The molecule has 3 aliphatic rings. The molecule has 1 unspecified atom stereocenters. The second-order valence-electron chi connectivity index (χ2n) is 7.62. The van der Waals surface area contributed by atoms with Crippen LogP contribution in [0.4, 0.5) is 0 Å². The van der Waals surface area contributed by atoms with E-state index in [0.717, 1.165) is 24.0 Å². The minimum absolute atomic E-state index is 0.148. The molecule has 0 bridgehead atoms. The van der Waals surface area contributed by atoms with Gasteiger partial charge in [-0.2, -0.15) is 0 Å². The summed E-state index contributed by atoms with van der Waals surface area (Å²) in [6.45, 7) is 4.70. The predicted octanol–water partition coefficient (Wildman–Crippen LogP) is 4.17. The Kier molecular flexibility index (Phi) is 4.29. The Hall–Kier alpha value is -1.48. The molecule has 0 aromatic heterocycles. The van der Waals surface area contributed by atoms with Gasteiger partial charge in [0.05, 0.1) is 13.2 Å². The summed E-state index contributed by atoms with van der Waals surface area (Å²) in [5.41, 5.74) is 1.54. The molecule has 1 heterocycles. The Labute approximate surface area is 145 Å². The second kappa shape index (κ2) is 6.44. The van der Waals surface area contributed by atoms with Crippen LogP contribution in [-0.2, 0) is 5.41 Å². The lowest BCUT2D eigenvalue weighted by Gasteiger charge is -2.38. The third kappa shape index (κ3) is 2.83. The van der Waals surface area contributed by atoms with Gasteiger partial charge in [0, 0.05) is 11.5 Å². The van der Waals surface area contributed by atoms with Crippen LogP contribution >= 0.6 is 0 Å².